The lowest BCUT2D eigenvalue weighted by atomic mass is 10.2. The van der Waals surface area contributed by atoms with E-state index in [9.17, 15) is 14.4 Å². The second kappa shape index (κ2) is 8.72. The number of halogens is 1. The number of carbonyl (C=O) groups is 2. The second-order valence-electron chi connectivity index (χ2n) is 6.99. The Morgan fingerprint density at radius 3 is 2.59 bits per heavy atom. The summed E-state index contributed by atoms with van der Waals surface area (Å²) in [5, 5.41) is 7.29. The first-order valence-corrected chi connectivity index (χ1v) is 9.98. The minimum atomic E-state index is -1.18. The van der Waals surface area contributed by atoms with Crippen LogP contribution in [0.5, 0.6) is 11.5 Å². The fraction of sp³-hybridized carbons (Fsp3) is 0.182. The highest BCUT2D eigenvalue weighted by Crippen LogP contribution is 2.34. The van der Waals surface area contributed by atoms with Crippen LogP contribution in [-0.4, -0.2) is 34.6 Å². The molecule has 32 heavy (non-hydrogen) atoms. The summed E-state index contributed by atoms with van der Waals surface area (Å²) in [6, 6.07) is 12.9. The molecule has 1 atom stereocenters. The molecule has 0 radical (unpaired) electrons. The summed E-state index contributed by atoms with van der Waals surface area (Å²) in [6.07, 6.45) is -1.18. The average Bonchev–Trinajstić information content (AvgIpc) is 3.22. The van der Waals surface area contributed by atoms with E-state index in [1.807, 2.05) is 0 Å². The molecule has 3 aromatic rings. The SMILES string of the molecule is Cc1cc(=O)c(C(=O)O[C@H](C)C(=O)Nc2ccc3c(c2)OCO3)nn1-c1ccc(Cl)cc1. The number of rotatable bonds is 5. The molecule has 9 nitrogen and oxygen atoms in total. The number of nitrogens with zero attached hydrogens (tertiary/aromatic N) is 2. The summed E-state index contributed by atoms with van der Waals surface area (Å²) < 4.78 is 17.1. The molecule has 0 fully saturated rings. The van der Waals surface area contributed by atoms with Crippen LogP contribution < -0.4 is 20.2 Å². The van der Waals surface area contributed by atoms with Crippen molar-refractivity contribution >= 4 is 29.2 Å². The third-order valence-electron chi connectivity index (χ3n) is 4.67. The predicted molar refractivity (Wildman–Crippen MR) is 116 cm³/mol. The van der Waals surface area contributed by atoms with E-state index in [1.165, 1.54) is 17.7 Å². The van der Waals surface area contributed by atoms with Crippen molar-refractivity contribution in [2.75, 3.05) is 12.1 Å². The number of esters is 1. The molecule has 1 amide bonds. The van der Waals surface area contributed by atoms with Gasteiger partial charge in [0.05, 0.1) is 5.69 Å². The fourth-order valence-electron chi connectivity index (χ4n) is 3.02. The highest BCUT2D eigenvalue weighted by molar-refractivity contribution is 6.30. The van der Waals surface area contributed by atoms with Crippen LogP contribution in [0.4, 0.5) is 5.69 Å². The minimum absolute atomic E-state index is 0.109. The van der Waals surface area contributed by atoms with E-state index in [0.717, 1.165) is 0 Å². The molecule has 10 heteroatoms. The van der Waals surface area contributed by atoms with Gasteiger partial charge in [-0.3, -0.25) is 9.59 Å². The molecule has 1 aromatic heterocycles. The first-order chi connectivity index (χ1) is 15.3. The van der Waals surface area contributed by atoms with Crippen LogP contribution in [0.15, 0.2) is 53.3 Å². The maximum atomic E-state index is 12.6. The molecule has 0 spiro atoms. The Kier molecular flexibility index (Phi) is 5.83. The summed E-state index contributed by atoms with van der Waals surface area (Å²) in [5.41, 5.74) is 0.520. The molecule has 0 saturated heterocycles. The molecule has 2 heterocycles. The zero-order valence-corrected chi connectivity index (χ0v) is 17.9. The van der Waals surface area contributed by atoms with E-state index in [-0.39, 0.29) is 6.79 Å². The van der Waals surface area contributed by atoms with Gasteiger partial charge >= 0.3 is 5.97 Å². The number of amides is 1. The number of aryl methyl sites for hydroxylation is 1. The summed E-state index contributed by atoms with van der Waals surface area (Å²) in [6.45, 7) is 3.18. The van der Waals surface area contributed by atoms with E-state index >= 15 is 0 Å². The normalized spacial score (nSPS) is 12.8. The van der Waals surface area contributed by atoms with E-state index in [0.29, 0.717) is 33.6 Å². The molecule has 2 aromatic carbocycles. The van der Waals surface area contributed by atoms with Crippen molar-refractivity contribution in [3.63, 3.8) is 0 Å². The van der Waals surface area contributed by atoms with Crippen LogP contribution in [0.25, 0.3) is 5.69 Å². The van der Waals surface area contributed by atoms with Crippen molar-refractivity contribution in [2.45, 2.75) is 20.0 Å². The fourth-order valence-corrected chi connectivity index (χ4v) is 3.15. The number of anilines is 1. The Balaban J connectivity index is 1.49. The van der Waals surface area contributed by atoms with Crippen molar-refractivity contribution in [1.82, 2.24) is 9.78 Å². The van der Waals surface area contributed by atoms with Crippen molar-refractivity contribution in [2.24, 2.45) is 0 Å². The lowest BCUT2D eigenvalue weighted by Crippen LogP contribution is -2.32. The van der Waals surface area contributed by atoms with Crippen molar-refractivity contribution in [3.8, 4) is 17.2 Å². The zero-order chi connectivity index (χ0) is 22.8. The van der Waals surface area contributed by atoms with E-state index in [2.05, 4.69) is 10.4 Å². The molecule has 0 bridgehead atoms. The molecule has 0 unspecified atom stereocenters. The van der Waals surface area contributed by atoms with Gasteiger partial charge in [0, 0.05) is 28.5 Å². The van der Waals surface area contributed by atoms with Gasteiger partial charge in [0.1, 0.15) is 0 Å². The number of ether oxygens (including phenoxy) is 3. The highest BCUT2D eigenvalue weighted by atomic mass is 35.5. The monoisotopic (exact) mass is 455 g/mol. The van der Waals surface area contributed by atoms with Gasteiger partial charge < -0.3 is 19.5 Å². The zero-order valence-electron chi connectivity index (χ0n) is 17.1. The lowest BCUT2D eigenvalue weighted by Gasteiger charge is -2.15. The van der Waals surface area contributed by atoms with Gasteiger partial charge in [-0.05, 0) is 50.2 Å². The smallest absolute Gasteiger partial charge is 0.363 e. The average molecular weight is 456 g/mol. The third-order valence-corrected chi connectivity index (χ3v) is 4.92. The maximum Gasteiger partial charge on any atom is 0.363 e. The van der Waals surface area contributed by atoms with Crippen LogP contribution in [0.1, 0.15) is 23.1 Å². The first kappa shape index (κ1) is 21.4. The largest absolute Gasteiger partial charge is 0.454 e. The minimum Gasteiger partial charge on any atom is -0.454 e. The number of nitrogens with one attached hydrogen (secondary N) is 1. The third kappa shape index (κ3) is 4.42. The van der Waals surface area contributed by atoms with Crippen LogP contribution in [0.2, 0.25) is 5.02 Å². The molecule has 164 valence electrons. The first-order valence-electron chi connectivity index (χ1n) is 9.60. The van der Waals surface area contributed by atoms with E-state index in [1.54, 1.807) is 49.4 Å². The number of aromatic nitrogens is 2. The topological polar surface area (TPSA) is 109 Å². The van der Waals surface area contributed by atoms with Gasteiger partial charge in [0.15, 0.2) is 17.6 Å². The number of hydrogen-bond donors (Lipinski definition) is 1. The quantitative estimate of drug-likeness (QED) is 0.589. The molecule has 1 aliphatic heterocycles. The molecule has 0 saturated carbocycles. The Morgan fingerprint density at radius 2 is 1.84 bits per heavy atom. The number of fused-ring (bicyclic) bond motifs is 1. The van der Waals surface area contributed by atoms with Gasteiger partial charge in [-0.2, -0.15) is 5.10 Å². The van der Waals surface area contributed by atoms with Crippen molar-refractivity contribution in [1.29, 1.82) is 0 Å². The Bertz CT molecular complexity index is 1260. The second-order valence-corrected chi connectivity index (χ2v) is 7.43. The van der Waals surface area contributed by atoms with Gasteiger partial charge in [0.2, 0.25) is 17.9 Å². The number of hydrogen-bond acceptors (Lipinski definition) is 7. The summed E-state index contributed by atoms with van der Waals surface area (Å²) in [7, 11) is 0. The van der Waals surface area contributed by atoms with Crippen LogP contribution in [0, 0.1) is 6.92 Å². The van der Waals surface area contributed by atoms with E-state index in [4.69, 9.17) is 25.8 Å². The molecule has 0 aliphatic carbocycles. The van der Waals surface area contributed by atoms with Crippen molar-refractivity contribution < 1.29 is 23.8 Å². The van der Waals surface area contributed by atoms with Gasteiger partial charge in [0.25, 0.3) is 5.91 Å². The van der Waals surface area contributed by atoms with Gasteiger partial charge in [-0.1, -0.05) is 11.6 Å². The van der Waals surface area contributed by atoms with Gasteiger partial charge in [-0.25, -0.2) is 9.48 Å². The van der Waals surface area contributed by atoms with Crippen LogP contribution >= 0.6 is 11.6 Å². The van der Waals surface area contributed by atoms with Crippen LogP contribution in [-0.2, 0) is 9.53 Å². The standard InChI is InChI=1S/C22H18ClN3O6/c1-12-9-17(27)20(25-26(12)16-6-3-14(23)4-7-16)22(29)32-13(2)21(28)24-15-5-8-18-19(10-15)31-11-30-18/h3-10,13H,11H2,1-2H3,(H,24,28)/t13-/m1/s1. The molecule has 1 N–H and O–H groups in total. The van der Waals surface area contributed by atoms with E-state index < -0.39 is 29.1 Å². The summed E-state index contributed by atoms with van der Waals surface area (Å²) in [4.78, 5) is 37.4. The molecular weight excluding hydrogens is 438 g/mol. The van der Waals surface area contributed by atoms with Gasteiger partial charge in [-0.15, -0.1) is 0 Å². The maximum absolute atomic E-state index is 12.6. The molecule has 1 aliphatic rings. The summed E-state index contributed by atoms with van der Waals surface area (Å²) >= 11 is 5.91. The molecule has 4 rings (SSSR count). The number of carbonyl (C=O) groups excluding carboxylic acids is 2. The Hall–Kier alpha value is -3.85. The van der Waals surface area contributed by atoms with Crippen LogP contribution in [0.3, 0.4) is 0 Å². The highest BCUT2D eigenvalue weighted by Gasteiger charge is 2.24. The van der Waals surface area contributed by atoms with Crippen molar-refractivity contribution in [3.05, 3.63) is 75.2 Å². The summed E-state index contributed by atoms with van der Waals surface area (Å²) in [5.74, 6) is -0.516. The molecular formula is C22H18ClN3O6. The Labute approximate surface area is 187 Å². The number of benzene rings is 2. The lowest BCUT2D eigenvalue weighted by molar-refractivity contribution is -0.123. The predicted octanol–water partition coefficient (Wildman–Crippen LogP) is 3.11. The Morgan fingerprint density at radius 1 is 1.12 bits per heavy atom.